The van der Waals surface area contributed by atoms with Gasteiger partial charge in [-0.05, 0) is 53.1 Å². The lowest BCUT2D eigenvalue weighted by Crippen LogP contribution is -2.25. The van der Waals surface area contributed by atoms with Crippen LogP contribution in [0.2, 0.25) is 0 Å². The molecule has 1 aliphatic rings. The van der Waals surface area contributed by atoms with Gasteiger partial charge in [-0.3, -0.25) is 0 Å². The first-order valence-electron chi connectivity index (χ1n) is 8.73. The Morgan fingerprint density at radius 2 is 1.96 bits per heavy atom. The maximum absolute atomic E-state index is 12.7. The molecule has 1 aliphatic carbocycles. The minimum Gasteiger partial charge on any atom is -0.339 e. The number of fused-ring (bicyclic) bond motifs is 1. The molecule has 0 radical (unpaired) electrons. The van der Waals surface area contributed by atoms with E-state index in [4.69, 9.17) is 0 Å². The molecule has 1 fully saturated rings. The zero-order valence-corrected chi connectivity index (χ0v) is 15.1. The van der Waals surface area contributed by atoms with Gasteiger partial charge in [0.1, 0.15) is 0 Å². The Hall–Kier alpha value is -2.55. The van der Waals surface area contributed by atoms with Crippen LogP contribution in [0.25, 0.3) is 5.65 Å². The van der Waals surface area contributed by atoms with Crippen LogP contribution in [0.4, 0.5) is 11.5 Å². The summed E-state index contributed by atoms with van der Waals surface area (Å²) >= 11 is 0. The van der Waals surface area contributed by atoms with Crippen molar-refractivity contribution in [2.24, 2.45) is 0 Å². The molecule has 3 aromatic rings. The molecule has 0 bridgehead atoms. The van der Waals surface area contributed by atoms with Crippen LogP contribution in [0.1, 0.15) is 37.7 Å². The monoisotopic (exact) mass is 372 g/mol. The lowest BCUT2D eigenvalue weighted by atomic mass is 10.0. The smallest absolute Gasteiger partial charge is 0.200 e. The predicted octanol–water partition coefficient (Wildman–Crippen LogP) is 2.51. The number of hydrogen-bond acceptors (Lipinski definition) is 7. The van der Waals surface area contributed by atoms with Gasteiger partial charge < -0.3 is 5.32 Å². The van der Waals surface area contributed by atoms with E-state index < -0.39 is 9.84 Å². The molecule has 0 aliphatic heterocycles. The number of benzene rings is 1. The standard InChI is InChI=1S/C17H20N6O2S/c24-26(25,15-7-2-1-3-8-15)12-13-5-4-6-14(11-13)18-16-9-10-17-19-21-22-23(17)20-16/h4-6,9-11,15H,1-3,7-8,12H2,(H,18,20). The lowest BCUT2D eigenvalue weighted by molar-refractivity contribution is 0.483. The van der Waals surface area contributed by atoms with Gasteiger partial charge in [0, 0.05) is 5.69 Å². The topological polar surface area (TPSA) is 102 Å². The number of rotatable bonds is 5. The van der Waals surface area contributed by atoms with Gasteiger partial charge in [-0.1, -0.05) is 31.4 Å². The van der Waals surface area contributed by atoms with Gasteiger partial charge >= 0.3 is 0 Å². The Morgan fingerprint density at radius 3 is 2.81 bits per heavy atom. The van der Waals surface area contributed by atoms with Crippen molar-refractivity contribution >= 4 is 27.0 Å². The third-order valence-corrected chi connectivity index (χ3v) is 6.92. The van der Waals surface area contributed by atoms with E-state index >= 15 is 0 Å². The molecule has 8 nitrogen and oxygen atoms in total. The number of nitrogens with zero attached hydrogens (tertiary/aromatic N) is 5. The van der Waals surface area contributed by atoms with E-state index in [0.29, 0.717) is 11.5 Å². The number of anilines is 2. The largest absolute Gasteiger partial charge is 0.339 e. The summed E-state index contributed by atoms with van der Waals surface area (Å²) in [5, 5.41) is 18.4. The molecule has 0 amide bonds. The number of nitrogens with one attached hydrogen (secondary N) is 1. The number of aromatic nitrogens is 5. The summed E-state index contributed by atoms with van der Waals surface area (Å²) in [6.07, 6.45) is 4.74. The third kappa shape index (κ3) is 3.67. The van der Waals surface area contributed by atoms with Crippen LogP contribution in [-0.4, -0.2) is 38.9 Å². The fraction of sp³-hybridized carbons (Fsp3) is 0.412. The highest BCUT2D eigenvalue weighted by atomic mass is 32.2. The highest BCUT2D eigenvalue weighted by Crippen LogP contribution is 2.27. The van der Waals surface area contributed by atoms with Crippen LogP contribution in [-0.2, 0) is 15.6 Å². The molecule has 0 spiro atoms. The van der Waals surface area contributed by atoms with Crippen LogP contribution in [0, 0.1) is 0 Å². The molecule has 2 heterocycles. The molecular formula is C17H20N6O2S. The van der Waals surface area contributed by atoms with Crippen molar-refractivity contribution in [3.8, 4) is 0 Å². The zero-order valence-electron chi connectivity index (χ0n) is 14.2. The summed E-state index contributed by atoms with van der Waals surface area (Å²) in [7, 11) is -3.12. The second-order valence-corrected chi connectivity index (χ2v) is 8.92. The highest BCUT2D eigenvalue weighted by Gasteiger charge is 2.27. The summed E-state index contributed by atoms with van der Waals surface area (Å²) in [5.74, 6) is 0.657. The molecule has 26 heavy (non-hydrogen) atoms. The number of hydrogen-bond donors (Lipinski definition) is 1. The third-order valence-electron chi connectivity index (χ3n) is 4.70. The molecular weight excluding hydrogens is 352 g/mol. The number of sulfone groups is 1. The normalized spacial score (nSPS) is 16.0. The Labute approximate surface area is 151 Å². The summed E-state index contributed by atoms with van der Waals surface area (Å²) < 4.78 is 26.7. The highest BCUT2D eigenvalue weighted by molar-refractivity contribution is 7.91. The van der Waals surface area contributed by atoms with Crippen LogP contribution in [0.5, 0.6) is 0 Å². The molecule has 9 heteroatoms. The van der Waals surface area contributed by atoms with E-state index in [-0.39, 0.29) is 11.0 Å². The van der Waals surface area contributed by atoms with E-state index in [1.54, 1.807) is 12.1 Å². The van der Waals surface area contributed by atoms with Crippen LogP contribution >= 0.6 is 0 Å². The summed E-state index contributed by atoms with van der Waals surface area (Å²) in [6, 6.07) is 11.0. The molecule has 136 valence electrons. The summed E-state index contributed by atoms with van der Waals surface area (Å²) in [6.45, 7) is 0. The van der Waals surface area contributed by atoms with Crippen molar-refractivity contribution in [3.63, 3.8) is 0 Å². The van der Waals surface area contributed by atoms with Gasteiger partial charge in [-0.15, -0.1) is 14.8 Å². The Bertz CT molecular complexity index is 1010. The maximum atomic E-state index is 12.7. The Kier molecular flexibility index (Phi) is 4.54. The molecule has 4 rings (SSSR count). The molecule has 0 unspecified atom stereocenters. The maximum Gasteiger partial charge on any atom is 0.200 e. The Balaban J connectivity index is 1.50. The molecule has 1 N–H and O–H groups in total. The SMILES string of the molecule is O=S(=O)(Cc1cccc(Nc2ccc3nnnn3n2)c1)C1CCCCC1. The van der Waals surface area contributed by atoms with Crippen molar-refractivity contribution < 1.29 is 8.42 Å². The molecule has 0 atom stereocenters. The van der Waals surface area contributed by atoms with Gasteiger partial charge in [-0.25, -0.2) is 8.42 Å². The van der Waals surface area contributed by atoms with Gasteiger partial charge in [-0.2, -0.15) is 0 Å². The fourth-order valence-corrected chi connectivity index (χ4v) is 5.31. The Morgan fingerprint density at radius 1 is 1.12 bits per heavy atom. The minimum absolute atomic E-state index is 0.0760. The first-order valence-corrected chi connectivity index (χ1v) is 10.4. The van der Waals surface area contributed by atoms with Crippen molar-refractivity contribution in [1.82, 2.24) is 25.3 Å². The van der Waals surface area contributed by atoms with Crippen molar-refractivity contribution in [2.75, 3.05) is 5.32 Å². The predicted molar refractivity (Wildman–Crippen MR) is 97.8 cm³/mol. The van der Waals surface area contributed by atoms with E-state index in [2.05, 4.69) is 25.9 Å². The van der Waals surface area contributed by atoms with E-state index in [0.717, 1.165) is 43.4 Å². The second-order valence-electron chi connectivity index (χ2n) is 6.64. The average molecular weight is 372 g/mol. The molecule has 1 saturated carbocycles. The van der Waals surface area contributed by atoms with Gasteiger partial charge in [0.25, 0.3) is 0 Å². The number of tetrazole rings is 1. The zero-order chi connectivity index (χ0) is 18.0. The van der Waals surface area contributed by atoms with Crippen LogP contribution in [0.3, 0.4) is 0 Å². The quantitative estimate of drug-likeness (QED) is 0.734. The van der Waals surface area contributed by atoms with E-state index in [9.17, 15) is 8.42 Å². The van der Waals surface area contributed by atoms with Gasteiger partial charge in [0.2, 0.25) is 0 Å². The molecule has 2 aromatic heterocycles. The lowest BCUT2D eigenvalue weighted by Gasteiger charge is -2.21. The van der Waals surface area contributed by atoms with E-state index in [1.807, 2.05) is 24.3 Å². The second kappa shape index (κ2) is 6.99. The first-order chi connectivity index (χ1) is 12.6. The van der Waals surface area contributed by atoms with E-state index in [1.165, 1.54) is 4.63 Å². The molecule has 0 saturated heterocycles. The van der Waals surface area contributed by atoms with Crippen molar-refractivity contribution in [3.05, 3.63) is 42.0 Å². The van der Waals surface area contributed by atoms with Crippen LogP contribution in [0.15, 0.2) is 36.4 Å². The average Bonchev–Trinajstić information content (AvgIpc) is 3.10. The fourth-order valence-electron chi connectivity index (χ4n) is 3.38. The molecule has 1 aromatic carbocycles. The summed E-state index contributed by atoms with van der Waals surface area (Å²) in [5.41, 5.74) is 2.12. The van der Waals surface area contributed by atoms with Crippen LogP contribution < -0.4 is 5.32 Å². The first kappa shape index (κ1) is 16.9. The minimum atomic E-state index is -3.12. The van der Waals surface area contributed by atoms with Crippen molar-refractivity contribution in [2.45, 2.75) is 43.1 Å². The van der Waals surface area contributed by atoms with Gasteiger partial charge in [0.15, 0.2) is 21.3 Å². The van der Waals surface area contributed by atoms with Crippen molar-refractivity contribution in [1.29, 1.82) is 0 Å². The van der Waals surface area contributed by atoms with Gasteiger partial charge in [0.05, 0.1) is 11.0 Å². The summed E-state index contributed by atoms with van der Waals surface area (Å²) in [4.78, 5) is 0.